The number of benzene rings is 1. The molecule has 4 rings (SSSR count). The van der Waals surface area contributed by atoms with Crippen LogP contribution in [-0.2, 0) is 0 Å². The number of halogens is 2. The zero-order chi connectivity index (χ0) is 20.5. The molecule has 1 amide bonds. The molecular weight excluding hydrogens is 402 g/mol. The number of carbonyl (C=O) groups is 1. The lowest BCUT2D eigenvalue weighted by Crippen LogP contribution is -2.13. The van der Waals surface area contributed by atoms with Crippen LogP contribution in [0.15, 0.2) is 36.5 Å². The Morgan fingerprint density at radius 1 is 1.17 bits per heavy atom. The van der Waals surface area contributed by atoms with Gasteiger partial charge >= 0.3 is 6.61 Å². The average molecular weight is 416 g/mol. The average Bonchev–Trinajstić information content (AvgIpc) is 3.26. The molecule has 8 nitrogen and oxygen atoms in total. The van der Waals surface area contributed by atoms with Crippen LogP contribution < -0.4 is 10.1 Å². The highest BCUT2D eigenvalue weighted by Crippen LogP contribution is 2.31. The number of alkyl halides is 2. The molecule has 3 aromatic heterocycles. The number of carbonyl (C=O) groups excluding carboxylic acids is 1. The van der Waals surface area contributed by atoms with Gasteiger partial charge in [-0.3, -0.25) is 10.1 Å². The lowest BCUT2D eigenvalue weighted by atomic mass is 10.1. The first-order valence-electron chi connectivity index (χ1n) is 8.43. The van der Waals surface area contributed by atoms with Gasteiger partial charge in [-0.05, 0) is 44.2 Å². The smallest absolute Gasteiger partial charge is 0.387 e. The number of hydrogen-bond donors (Lipinski definition) is 1. The highest BCUT2D eigenvalue weighted by atomic mass is 32.1. The molecule has 0 spiro atoms. The molecule has 1 aromatic carbocycles. The predicted molar refractivity (Wildman–Crippen MR) is 102 cm³/mol. The van der Waals surface area contributed by atoms with E-state index < -0.39 is 12.5 Å². The quantitative estimate of drug-likeness (QED) is 0.533. The molecule has 0 aliphatic carbocycles. The van der Waals surface area contributed by atoms with Crippen LogP contribution in [0.25, 0.3) is 17.0 Å². The maximum Gasteiger partial charge on any atom is 0.387 e. The van der Waals surface area contributed by atoms with Gasteiger partial charge in [-0.2, -0.15) is 13.8 Å². The Labute approximate surface area is 167 Å². The summed E-state index contributed by atoms with van der Waals surface area (Å²) in [7, 11) is 0. The Morgan fingerprint density at radius 2 is 1.93 bits per heavy atom. The first-order valence-corrected chi connectivity index (χ1v) is 9.25. The fourth-order valence-electron chi connectivity index (χ4n) is 2.67. The monoisotopic (exact) mass is 416 g/mol. The molecule has 11 heteroatoms. The summed E-state index contributed by atoms with van der Waals surface area (Å²) < 4.78 is 30.4. The fourth-order valence-corrected chi connectivity index (χ4v) is 3.50. The van der Waals surface area contributed by atoms with Gasteiger partial charge in [0, 0.05) is 22.3 Å². The van der Waals surface area contributed by atoms with E-state index in [1.807, 2.05) is 13.8 Å². The van der Waals surface area contributed by atoms with E-state index in [0.29, 0.717) is 22.2 Å². The number of amides is 1. The fraction of sp³-hybridized carbons (Fsp3) is 0.167. The minimum atomic E-state index is -2.88. The van der Waals surface area contributed by atoms with Crippen molar-refractivity contribution in [3.05, 3.63) is 52.9 Å². The molecule has 0 aliphatic rings. The molecule has 0 saturated carbocycles. The third kappa shape index (κ3) is 3.90. The lowest BCUT2D eigenvalue weighted by Gasteiger charge is -2.05. The second-order valence-electron chi connectivity index (χ2n) is 6.01. The van der Waals surface area contributed by atoms with Gasteiger partial charge in [-0.1, -0.05) is 0 Å². The molecule has 0 fully saturated rings. The van der Waals surface area contributed by atoms with Gasteiger partial charge in [0.05, 0.1) is 5.69 Å². The Morgan fingerprint density at radius 3 is 2.62 bits per heavy atom. The number of nitrogens with zero attached hydrogens (tertiary/aromatic N) is 5. The van der Waals surface area contributed by atoms with E-state index in [1.54, 1.807) is 24.4 Å². The largest absolute Gasteiger partial charge is 0.435 e. The van der Waals surface area contributed by atoms with Crippen molar-refractivity contribution in [1.82, 2.24) is 24.6 Å². The highest BCUT2D eigenvalue weighted by molar-refractivity contribution is 7.16. The van der Waals surface area contributed by atoms with Crippen molar-refractivity contribution < 1.29 is 18.3 Å². The second kappa shape index (κ2) is 7.51. The first kappa shape index (κ1) is 18.9. The zero-order valence-corrected chi connectivity index (χ0v) is 16.1. The van der Waals surface area contributed by atoms with E-state index in [0.717, 1.165) is 10.6 Å². The Kier molecular flexibility index (Phi) is 4.89. The molecule has 29 heavy (non-hydrogen) atoms. The number of anilines is 1. The van der Waals surface area contributed by atoms with Crippen molar-refractivity contribution >= 4 is 28.2 Å². The maximum atomic E-state index is 12.5. The van der Waals surface area contributed by atoms with Gasteiger partial charge in [-0.15, -0.1) is 16.4 Å². The van der Waals surface area contributed by atoms with Crippen molar-refractivity contribution in [3.63, 3.8) is 0 Å². The lowest BCUT2D eigenvalue weighted by molar-refractivity contribution is -0.0498. The molecule has 0 unspecified atom stereocenters. The number of aryl methyl sites for hydroxylation is 2. The van der Waals surface area contributed by atoms with E-state index in [2.05, 4.69) is 30.1 Å². The standard InChI is InChI=1S/C18H14F2N6O2S/c1-9-7-8-21-17-23-14(25-26(9)17)15(27)24-18-22-13(10(2)29-18)11-3-5-12(6-4-11)28-16(19)20/h3-8,16H,1-2H3,(H,22,24,27). The van der Waals surface area contributed by atoms with Gasteiger partial charge in [0.1, 0.15) is 5.75 Å². The number of aromatic nitrogens is 5. The summed E-state index contributed by atoms with van der Waals surface area (Å²) in [6, 6.07) is 7.90. The normalized spacial score (nSPS) is 11.2. The number of hydrogen-bond acceptors (Lipinski definition) is 7. The van der Waals surface area contributed by atoms with Gasteiger partial charge in [0.25, 0.3) is 11.7 Å². The minimum absolute atomic E-state index is 0.0188. The first-order chi connectivity index (χ1) is 13.9. The van der Waals surface area contributed by atoms with E-state index in [-0.39, 0.29) is 11.6 Å². The Bertz CT molecular complexity index is 1190. The molecule has 0 bridgehead atoms. The second-order valence-corrected chi connectivity index (χ2v) is 7.22. The predicted octanol–water partition coefficient (Wildman–Crippen LogP) is 3.72. The third-order valence-electron chi connectivity index (χ3n) is 4.00. The summed E-state index contributed by atoms with van der Waals surface area (Å²) in [4.78, 5) is 26.0. The third-order valence-corrected chi connectivity index (χ3v) is 4.89. The van der Waals surface area contributed by atoms with Crippen LogP contribution in [0.4, 0.5) is 13.9 Å². The van der Waals surface area contributed by atoms with Crippen molar-refractivity contribution in [3.8, 4) is 17.0 Å². The van der Waals surface area contributed by atoms with Crippen LogP contribution in [0.3, 0.4) is 0 Å². The van der Waals surface area contributed by atoms with Crippen molar-refractivity contribution in [2.45, 2.75) is 20.5 Å². The van der Waals surface area contributed by atoms with Gasteiger partial charge in [0.15, 0.2) is 5.13 Å². The molecule has 0 radical (unpaired) electrons. The number of rotatable bonds is 5. The van der Waals surface area contributed by atoms with Crippen molar-refractivity contribution in [1.29, 1.82) is 0 Å². The van der Waals surface area contributed by atoms with Crippen molar-refractivity contribution in [2.24, 2.45) is 0 Å². The van der Waals surface area contributed by atoms with Crippen LogP contribution in [0.5, 0.6) is 5.75 Å². The Balaban J connectivity index is 1.54. The van der Waals surface area contributed by atoms with Crippen LogP contribution >= 0.6 is 11.3 Å². The molecule has 148 valence electrons. The number of thiazole rings is 1. The van der Waals surface area contributed by atoms with E-state index in [1.165, 1.54) is 28.0 Å². The van der Waals surface area contributed by atoms with E-state index in [9.17, 15) is 13.6 Å². The van der Waals surface area contributed by atoms with E-state index in [4.69, 9.17) is 0 Å². The topological polar surface area (TPSA) is 94.3 Å². The SMILES string of the molecule is Cc1sc(NC(=O)c2nc3nccc(C)n3n2)nc1-c1ccc(OC(F)F)cc1. The number of nitrogens with one attached hydrogen (secondary N) is 1. The van der Waals surface area contributed by atoms with E-state index >= 15 is 0 Å². The number of ether oxygens (including phenoxy) is 1. The zero-order valence-electron chi connectivity index (χ0n) is 15.3. The van der Waals surface area contributed by atoms with Crippen molar-refractivity contribution in [2.75, 3.05) is 5.32 Å². The molecule has 0 aliphatic heterocycles. The van der Waals surface area contributed by atoms with Crippen LogP contribution in [0.1, 0.15) is 21.2 Å². The minimum Gasteiger partial charge on any atom is -0.435 e. The summed E-state index contributed by atoms with van der Waals surface area (Å²) >= 11 is 1.28. The summed E-state index contributed by atoms with van der Waals surface area (Å²) in [5.74, 6) is -0.130. The molecule has 3 heterocycles. The molecule has 0 saturated heterocycles. The van der Waals surface area contributed by atoms with Crippen LogP contribution in [0, 0.1) is 13.8 Å². The number of fused-ring (bicyclic) bond motifs is 1. The molecule has 1 N–H and O–H groups in total. The maximum absolute atomic E-state index is 12.5. The highest BCUT2D eigenvalue weighted by Gasteiger charge is 2.18. The molecular formula is C18H14F2N6O2S. The van der Waals surface area contributed by atoms with Gasteiger partial charge in [0.2, 0.25) is 5.82 Å². The molecule has 4 aromatic rings. The molecule has 0 atom stereocenters. The summed E-state index contributed by atoms with van der Waals surface area (Å²) in [6.45, 7) is 0.804. The summed E-state index contributed by atoms with van der Waals surface area (Å²) in [6.07, 6.45) is 1.59. The summed E-state index contributed by atoms with van der Waals surface area (Å²) in [5.41, 5.74) is 2.15. The van der Waals surface area contributed by atoms with Crippen LogP contribution in [0.2, 0.25) is 0 Å². The summed E-state index contributed by atoms with van der Waals surface area (Å²) in [5, 5.41) is 7.22. The van der Waals surface area contributed by atoms with Gasteiger partial charge in [-0.25, -0.2) is 14.5 Å². The van der Waals surface area contributed by atoms with Gasteiger partial charge < -0.3 is 4.74 Å². The van der Waals surface area contributed by atoms with Crippen LogP contribution in [-0.4, -0.2) is 37.1 Å². The Hall–Kier alpha value is -3.47.